The van der Waals surface area contributed by atoms with Gasteiger partial charge >= 0.3 is 5.97 Å². The van der Waals surface area contributed by atoms with Gasteiger partial charge in [-0.2, -0.15) is 0 Å². The number of thiophene rings is 1. The number of aliphatic hydroxyl groups excluding tert-OH is 1. The maximum absolute atomic E-state index is 12.8. The molecule has 1 aromatic heterocycles. The summed E-state index contributed by atoms with van der Waals surface area (Å²) in [7, 11) is 1.35. The molecule has 1 fully saturated rings. The number of benzene rings is 2. The number of halogens is 2. The summed E-state index contributed by atoms with van der Waals surface area (Å²) < 4.78 is 24.4. The lowest BCUT2D eigenvalue weighted by Gasteiger charge is -2.44. The molecule has 3 heterocycles. The van der Waals surface area contributed by atoms with Crippen molar-refractivity contribution >= 4 is 55.5 Å². The molecule has 5 rings (SSSR count). The molecule has 2 aliphatic heterocycles. The molecule has 0 unspecified atom stereocenters. The maximum Gasteiger partial charge on any atom is 0.351 e. The van der Waals surface area contributed by atoms with E-state index in [-0.39, 0.29) is 6.10 Å². The molecule has 44 heavy (non-hydrogen) atoms. The van der Waals surface area contributed by atoms with Crippen LogP contribution in [0.1, 0.15) is 60.5 Å². The van der Waals surface area contributed by atoms with Crippen LogP contribution in [0, 0.1) is 6.92 Å². The molecule has 0 amide bonds. The van der Waals surface area contributed by atoms with Gasteiger partial charge in [-0.25, -0.2) is 4.79 Å². The van der Waals surface area contributed by atoms with Crippen molar-refractivity contribution in [2.45, 2.75) is 58.3 Å². The molecule has 8 nitrogen and oxygen atoms in total. The van der Waals surface area contributed by atoms with Crippen LogP contribution < -0.4 is 14.4 Å². The third-order valence-corrected chi connectivity index (χ3v) is 10.00. The number of hydrogen-bond donors (Lipinski definition) is 1. The Bertz CT molecular complexity index is 1600. The Morgan fingerprint density at radius 2 is 1.95 bits per heavy atom. The first kappa shape index (κ1) is 32.1. The van der Waals surface area contributed by atoms with Crippen molar-refractivity contribution < 1.29 is 28.8 Å². The van der Waals surface area contributed by atoms with Crippen molar-refractivity contribution in [1.29, 1.82) is 0 Å². The van der Waals surface area contributed by atoms with Crippen molar-refractivity contribution in [2.75, 3.05) is 25.1 Å². The fourth-order valence-electron chi connectivity index (χ4n) is 5.30. The lowest BCUT2D eigenvalue weighted by atomic mass is 10.0. The number of aliphatic hydroxyl groups is 1. The number of hydrogen-bond acceptors (Lipinski definition) is 9. The van der Waals surface area contributed by atoms with Gasteiger partial charge in [0.1, 0.15) is 28.7 Å². The summed E-state index contributed by atoms with van der Waals surface area (Å²) >= 11 is 11.5. The molecule has 0 aliphatic carbocycles. The number of ether oxygens (including phenoxy) is 4. The molecule has 0 saturated carbocycles. The minimum Gasteiger partial charge on any atom is -0.504 e. The molecule has 0 spiro atoms. The summed E-state index contributed by atoms with van der Waals surface area (Å²) in [5.41, 5.74) is 2.00. The van der Waals surface area contributed by atoms with E-state index in [1.165, 1.54) is 18.4 Å². The summed E-state index contributed by atoms with van der Waals surface area (Å²) in [5, 5.41) is 11.6. The van der Waals surface area contributed by atoms with E-state index >= 15 is 0 Å². The topological polar surface area (TPSA) is 80.7 Å². The predicted molar refractivity (Wildman–Crippen MR) is 177 cm³/mol. The second kappa shape index (κ2) is 12.9. The van der Waals surface area contributed by atoms with Crippen LogP contribution in [0.4, 0.5) is 10.7 Å². The number of anilines is 2. The molecule has 2 aliphatic rings. The number of esters is 1. The molecule has 2 aromatic carbocycles. The molecule has 0 bridgehead atoms. The predicted octanol–water partition coefficient (Wildman–Crippen LogP) is 9.06. The third-order valence-electron chi connectivity index (χ3n) is 7.79. The quantitative estimate of drug-likeness (QED) is 0.210. The van der Waals surface area contributed by atoms with E-state index < -0.39 is 17.7 Å². The zero-order valence-electron chi connectivity index (χ0n) is 25.4. The Labute approximate surface area is 275 Å². The van der Waals surface area contributed by atoms with E-state index in [9.17, 15) is 9.90 Å². The van der Waals surface area contributed by atoms with Gasteiger partial charge in [-0.15, -0.1) is 11.3 Å². The molecular weight excluding hydrogens is 668 g/mol. The summed E-state index contributed by atoms with van der Waals surface area (Å²) in [5.74, 6) is 1.46. The highest BCUT2D eigenvalue weighted by Gasteiger charge is 2.43. The number of carbonyl (C=O) groups is 1. The second-order valence-electron chi connectivity index (χ2n) is 11.2. The Kier molecular flexibility index (Phi) is 9.44. The highest BCUT2D eigenvalue weighted by molar-refractivity contribution is 9.10. The number of rotatable bonds is 10. The van der Waals surface area contributed by atoms with Crippen molar-refractivity contribution in [2.24, 2.45) is 0 Å². The number of methoxy groups -OCH3 is 1. The average molecular weight is 704 g/mol. The standard InChI is InChI=1S/C33H36BrClN2O6S/c1-7-37(26-18-25(29(44-26)32(39)40-6)41-20(3)22-10-8-9-11-23(22)35)28-19(2)12-13-24(27(28)34)42-21-14-16-36(17-15-21)31-30(38)33(4,5)43-31/h7-13,18,20-21,38H,1,14-17H2,2-6H3/t20-/m1/s1. The lowest BCUT2D eigenvalue weighted by molar-refractivity contribution is -0.0927. The van der Waals surface area contributed by atoms with Gasteiger partial charge in [-0.1, -0.05) is 42.4 Å². The van der Waals surface area contributed by atoms with Crippen LogP contribution in [0.2, 0.25) is 5.02 Å². The minimum atomic E-state index is -0.621. The molecule has 11 heteroatoms. The minimum absolute atomic E-state index is 0.00918. The summed E-state index contributed by atoms with van der Waals surface area (Å²) in [6.07, 6.45) is 2.83. The van der Waals surface area contributed by atoms with Gasteiger partial charge in [0, 0.05) is 48.8 Å². The lowest BCUT2D eigenvalue weighted by Crippen LogP contribution is -2.48. The first-order valence-corrected chi connectivity index (χ1v) is 16.3. The molecule has 234 valence electrons. The van der Waals surface area contributed by atoms with Gasteiger partial charge in [0.05, 0.1) is 17.3 Å². The van der Waals surface area contributed by atoms with Gasteiger partial charge < -0.3 is 33.9 Å². The third kappa shape index (κ3) is 6.25. The van der Waals surface area contributed by atoms with Crippen LogP contribution in [0.15, 0.2) is 71.4 Å². The second-order valence-corrected chi connectivity index (χ2v) is 13.4. The van der Waals surface area contributed by atoms with E-state index in [4.69, 9.17) is 30.5 Å². The zero-order valence-corrected chi connectivity index (χ0v) is 28.5. The van der Waals surface area contributed by atoms with Gasteiger partial charge in [0.15, 0.2) is 16.2 Å². The molecular formula is C33H36BrClN2O6S. The smallest absolute Gasteiger partial charge is 0.351 e. The number of nitrogens with zero attached hydrogens (tertiary/aromatic N) is 2. The monoisotopic (exact) mass is 702 g/mol. The largest absolute Gasteiger partial charge is 0.504 e. The fourth-order valence-corrected chi connectivity index (χ4v) is 7.34. The molecule has 3 aromatic rings. The van der Waals surface area contributed by atoms with Gasteiger partial charge in [-0.05, 0) is 61.3 Å². The highest BCUT2D eigenvalue weighted by atomic mass is 79.9. The molecule has 1 N–H and O–H groups in total. The van der Waals surface area contributed by atoms with Crippen LogP contribution in [0.5, 0.6) is 11.5 Å². The van der Waals surface area contributed by atoms with Crippen molar-refractivity contribution in [3.8, 4) is 11.5 Å². The van der Waals surface area contributed by atoms with E-state index in [1.807, 2.05) is 69.0 Å². The van der Waals surface area contributed by atoms with Crippen molar-refractivity contribution in [3.63, 3.8) is 0 Å². The first-order valence-electron chi connectivity index (χ1n) is 14.3. The number of aryl methyl sites for hydroxylation is 1. The Morgan fingerprint density at radius 3 is 2.57 bits per heavy atom. The van der Waals surface area contributed by atoms with E-state index in [2.05, 4.69) is 27.4 Å². The Balaban J connectivity index is 1.38. The van der Waals surface area contributed by atoms with Crippen LogP contribution in [0.3, 0.4) is 0 Å². The highest BCUT2D eigenvalue weighted by Crippen LogP contribution is 2.47. The van der Waals surface area contributed by atoms with Crippen LogP contribution in [0.25, 0.3) is 0 Å². The first-order chi connectivity index (χ1) is 20.9. The summed E-state index contributed by atoms with van der Waals surface area (Å²) in [6.45, 7) is 13.1. The Morgan fingerprint density at radius 1 is 1.25 bits per heavy atom. The SMILES string of the molecule is C=CN(c1cc(O[C@H](C)c2ccccc2Cl)c(C(=O)OC)s1)c1c(C)ccc(OC2CCN(C3=C(O)C(C)(C)O3)CC2)c1Br. The Hall–Kier alpha value is -3.34. The van der Waals surface area contributed by atoms with E-state index in [1.54, 1.807) is 12.3 Å². The summed E-state index contributed by atoms with van der Waals surface area (Å²) in [4.78, 5) is 17.1. The van der Waals surface area contributed by atoms with Gasteiger partial charge in [-0.3, -0.25) is 0 Å². The van der Waals surface area contributed by atoms with Crippen LogP contribution in [-0.2, 0) is 9.47 Å². The van der Waals surface area contributed by atoms with Crippen molar-refractivity contribution in [1.82, 2.24) is 4.90 Å². The molecule has 1 atom stereocenters. The van der Waals surface area contributed by atoms with E-state index in [0.29, 0.717) is 38.0 Å². The molecule has 0 radical (unpaired) electrons. The van der Waals surface area contributed by atoms with E-state index in [0.717, 1.165) is 47.2 Å². The maximum atomic E-state index is 12.8. The number of likely N-dealkylation sites (tertiary alicyclic amines) is 1. The molecule has 1 saturated heterocycles. The normalized spacial score (nSPS) is 16.9. The number of piperidine rings is 1. The van der Waals surface area contributed by atoms with Crippen LogP contribution in [-0.4, -0.2) is 47.9 Å². The van der Waals surface area contributed by atoms with Crippen molar-refractivity contribution in [3.05, 3.63) is 92.4 Å². The number of carbonyl (C=O) groups excluding carboxylic acids is 1. The average Bonchev–Trinajstić information content (AvgIpc) is 3.42. The van der Waals surface area contributed by atoms with Gasteiger partial charge in [0.2, 0.25) is 5.88 Å². The van der Waals surface area contributed by atoms with Crippen LogP contribution >= 0.6 is 38.9 Å². The van der Waals surface area contributed by atoms with Gasteiger partial charge in [0.25, 0.3) is 0 Å². The zero-order chi connectivity index (χ0) is 31.8. The summed E-state index contributed by atoms with van der Waals surface area (Å²) in [6, 6.07) is 13.2. The fraction of sp³-hybridized carbons (Fsp3) is 0.364.